The van der Waals surface area contributed by atoms with Gasteiger partial charge >= 0.3 is 6.09 Å². The first kappa shape index (κ1) is 27.1. The van der Waals surface area contributed by atoms with Crippen molar-refractivity contribution in [2.75, 3.05) is 11.9 Å². The zero-order valence-electron chi connectivity index (χ0n) is 22.0. The van der Waals surface area contributed by atoms with Crippen LogP contribution in [0.2, 0.25) is 0 Å². The lowest BCUT2D eigenvalue weighted by Crippen LogP contribution is -2.53. The fourth-order valence-electron chi connectivity index (χ4n) is 4.66. The van der Waals surface area contributed by atoms with Gasteiger partial charge in [0.05, 0.1) is 6.10 Å². The molecule has 4 rings (SSSR count). The molecule has 1 aliphatic rings. The summed E-state index contributed by atoms with van der Waals surface area (Å²) in [5, 5.41) is 18.0. The number of amides is 3. The van der Waals surface area contributed by atoms with Crippen LogP contribution in [-0.4, -0.2) is 58.2 Å². The Morgan fingerprint density at radius 1 is 1.00 bits per heavy atom. The second kappa shape index (κ2) is 11.6. The van der Waals surface area contributed by atoms with Gasteiger partial charge in [0.2, 0.25) is 11.8 Å². The molecular weight excluding hydrogens is 482 g/mol. The summed E-state index contributed by atoms with van der Waals surface area (Å²) in [5.41, 5.74) is 0.891. The van der Waals surface area contributed by atoms with Crippen LogP contribution in [0.3, 0.4) is 0 Å². The van der Waals surface area contributed by atoms with E-state index in [-0.39, 0.29) is 18.9 Å². The Morgan fingerprint density at radius 2 is 1.68 bits per heavy atom. The largest absolute Gasteiger partial charge is 0.444 e. The molecular formula is C30H35N3O5. The Morgan fingerprint density at radius 3 is 2.39 bits per heavy atom. The number of alkyl carbamates (subject to hydrolysis) is 1. The summed E-state index contributed by atoms with van der Waals surface area (Å²) in [6, 6.07) is 21.3. The average Bonchev–Trinajstić information content (AvgIpc) is 3.27. The number of ether oxygens (including phenoxy) is 1. The molecule has 1 fully saturated rings. The molecule has 8 nitrogen and oxygen atoms in total. The van der Waals surface area contributed by atoms with Crippen molar-refractivity contribution in [2.45, 2.75) is 63.8 Å². The van der Waals surface area contributed by atoms with Crippen molar-refractivity contribution in [3.63, 3.8) is 0 Å². The lowest BCUT2D eigenvalue weighted by molar-refractivity contribution is -0.138. The van der Waals surface area contributed by atoms with Crippen LogP contribution in [0.5, 0.6) is 0 Å². The van der Waals surface area contributed by atoms with E-state index >= 15 is 0 Å². The molecule has 0 radical (unpaired) electrons. The minimum Gasteiger partial charge on any atom is -0.444 e. The first-order valence-corrected chi connectivity index (χ1v) is 12.9. The maximum atomic E-state index is 13.7. The molecule has 3 aromatic rings. The Labute approximate surface area is 223 Å². The van der Waals surface area contributed by atoms with Crippen molar-refractivity contribution < 1.29 is 24.2 Å². The summed E-state index contributed by atoms with van der Waals surface area (Å²) < 4.78 is 5.39. The maximum Gasteiger partial charge on any atom is 0.408 e. The number of hydrogen-bond acceptors (Lipinski definition) is 5. The molecule has 8 heteroatoms. The zero-order valence-corrected chi connectivity index (χ0v) is 22.0. The van der Waals surface area contributed by atoms with E-state index in [1.807, 2.05) is 72.8 Å². The first-order chi connectivity index (χ1) is 18.1. The number of carbonyl (C=O) groups excluding carboxylic acids is 3. The third-order valence-corrected chi connectivity index (χ3v) is 6.44. The molecule has 200 valence electrons. The molecule has 1 heterocycles. The van der Waals surface area contributed by atoms with Crippen LogP contribution in [0, 0.1) is 0 Å². The molecule has 0 saturated carbocycles. The Bertz CT molecular complexity index is 1290. The number of benzene rings is 3. The molecule has 3 atom stereocenters. The summed E-state index contributed by atoms with van der Waals surface area (Å²) in [6.07, 6.45) is -0.586. The van der Waals surface area contributed by atoms with Crippen LogP contribution >= 0.6 is 0 Å². The summed E-state index contributed by atoms with van der Waals surface area (Å²) in [6.45, 7) is 5.25. The molecule has 3 amide bonds. The SMILES string of the molecule is CC(C)(C)OC(=O)N[C@@H](CCc1ccccc1)C(=O)N1C[C@H](O)C[C@H]1C(=O)Nc1ccc2ccccc2c1. The number of fused-ring (bicyclic) bond motifs is 1. The quantitative estimate of drug-likeness (QED) is 0.434. The fraction of sp³-hybridized carbons (Fsp3) is 0.367. The number of likely N-dealkylation sites (tertiary alicyclic amines) is 1. The highest BCUT2D eigenvalue weighted by molar-refractivity contribution is 6.00. The van der Waals surface area contributed by atoms with Gasteiger partial charge in [-0.3, -0.25) is 9.59 Å². The van der Waals surface area contributed by atoms with E-state index in [0.717, 1.165) is 16.3 Å². The van der Waals surface area contributed by atoms with Crippen molar-refractivity contribution in [1.29, 1.82) is 0 Å². The minimum absolute atomic E-state index is 0.00642. The smallest absolute Gasteiger partial charge is 0.408 e. The van der Waals surface area contributed by atoms with Crippen LogP contribution in [0.25, 0.3) is 10.8 Å². The zero-order chi connectivity index (χ0) is 27.3. The van der Waals surface area contributed by atoms with E-state index in [0.29, 0.717) is 18.5 Å². The van der Waals surface area contributed by atoms with E-state index in [1.165, 1.54) is 4.90 Å². The third kappa shape index (κ3) is 7.10. The van der Waals surface area contributed by atoms with Crippen molar-refractivity contribution in [1.82, 2.24) is 10.2 Å². The number of β-amino-alcohol motifs (C(OH)–C–C–N with tert-alkyl or cyclic N) is 1. The number of nitrogens with one attached hydrogen (secondary N) is 2. The lowest BCUT2D eigenvalue weighted by Gasteiger charge is -2.29. The molecule has 0 aromatic heterocycles. The molecule has 1 aliphatic heterocycles. The van der Waals surface area contributed by atoms with Crippen LogP contribution in [-0.2, 0) is 20.7 Å². The van der Waals surface area contributed by atoms with E-state index in [2.05, 4.69) is 10.6 Å². The van der Waals surface area contributed by atoms with Gasteiger partial charge in [0, 0.05) is 18.7 Å². The number of anilines is 1. The van der Waals surface area contributed by atoms with E-state index < -0.39 is 35.8 Å². The van der Waals surface area contributed by atoms with Crippen LogP contribution in [0.1, 0.15) is 39.2 Å². The molecule has 3 aromatic carbocycles. The average molecular weight is 518 g/mol. The molecule has 3 N–H and O–H groups in total. The van der Waals surface area contributed by atoms with Gasteiger partial charge in [-0.2, -0.15) is 0 Å². The Balaban J connectivity index is 1.50. The summed E-state index contributed by atoms with van der Waals surface area (Å²) in [5.74, 6) is -0.814. The van der Waals surface area contributed by atoms with E-state index in [9.17, 15) is 19.5 Å². The van der Waals surface area contributed by atoms with Gasteiger partial charge in [0.15, 0.2) is 0 Å². The summed E-state index contributed by atoms with van der Waals surface area (Å²) in [4.78, 5) is 41.0. The Kier molecular flexibility index (Phi) is 8.32. The second-order valence-corrected chi connectivity index (χ2v) is 10.7. The van der Waals surface area contributed by atoms with E-state index in [4.69, 9.17) is 4.74 Å². The lowest BCUT2D eigenvalue weighted by atomic mass is 10.0. The van der Waals surface area contributed by atoms with Gasteiger partial charge in [-0.05, 0) is 62.1 Å². The number of aliphatic hydroxyl groups excluding tert-OH is 1. The molecule has 1 saturated heterocycles. The molecule has 0 bridgehead atoms. The number of aliphatic hydroxyl groups is 1. The van der Waals surface area contributed by atoms with Gasteiger partial charge in [-0.15, -0.1) is 0 Å². The monoisotopic (exact) mass is 517 g/mol. The van der Waals surface area contributed by atoms with Crippen LogP contribution in [0.15, 0.2) is 72.8 Å². The summed E-state index contributed by atoms with van der Waals surface area (Å²) >= 11 is 0. The number of carbonyl (C=O) groups is 3. The number of hydrogen-bond donors (Lipinski definition) is 3. The highest BCUT2D eigenvalue weighted by atomic mass is 16.6. The molecule has 0 unspecified atom stereocenters. The van der Waals surface area contributed by atoms with Gasteiger partial charge in [0.1, 0.15) is 17.7 Å². The third-order valence-electron chi connectivity index (χ3n) is 6.44. The predicted octanol–water partition coefficient (Wildman–Crippen LogP) is 4.27. The van der Waals surface area contributed by atoms with Gasteiger partial charge in [-0.25, -0.2) is 4.79 Å². The normalized spacial score (nSPS) is 18.2. The highest BCUT2D eigenvalue weighted by Crippen LogP contribution is 2.24. The number of nitrogens with zero attached hydrogens (tertiary/aromatic N) is 1. The number of aryl methyl sites for hydroxylation is 1. The Hall–Kier alpha value is -3.91. The van der Waals surface area contributed by atoms with Crippen molar-refractivity contribution in [3.8, 4) is 0 Å². The molecule has 38 heavy (non-hydrogen) atoms. The van der Waals surface area contributed by atoms with Gasteiger partial charge in [-0.1, -0.05) is 60.7 Å². The molecule has 0 spiro atoms. The minimum atomic E-state index is -0.925. The highest BCUT2D eigenvalue weighted by Gasteiger charge is 2.41. The topological polar surface area (TPSA) is 108 Å². The van der Waals surface area contributed by atoms with Gasteiger partial charge < -0.3 is 25.4 Å². The van der Waals surface area contributed by atoms with Crippen molar-refractivity contribution >= 4 is 34.4 Å². The van der Waals surface area contributed by atoms with Crippen molar-refractivity contribution in [3.05, 3.63) is 78.4 Å². The first-order valence-electron chi connectivity index (χ1n) is 12.9. The maximum absolute atomic E-state index is 13.7. The van der Waals surface area contributed by atoms with Crippen LogP contribution < -0.4 is 10.6 Å². The van der Waals surface area contributed by atoms with E-state index in [1.54, 1.807) is 20.8 Å². The summed E-state index contributed by atoms with van der Waals surface area (Å²) in [7, 11) is 0. The van der Waals surface area contributed by atoms with Crippen molar-refractivity contribution in [2.24, 2.45) is 0 Å². The molecule has 0 aliphatic carbocycles. The predicted molar refractivity (Wildman–Crippen MR) is 147 cm³/mol. The fourth-order valence-corrected chi connectivity index (χ4v) is 4.66. The van der Waals surface area contributed by atoms with Gasteiger partial charge in [0.25, 0.3) is 0 Å². The number of rotatable bonds is 7. The van der Waals surface area contributed by atoms with Crippen LogP contribution in [0.4, 0.5) is 10.5 Å². The second-order valence-electron chi connectivity index (χ2n) is 10.7. The standard InChI is InChI=1S/C30H35N3O5/c1-30(2,3)38-29(37)32-25(16-13-20-9-5-4-6-10-20)28(36)33-19-24(34)18-26(33)27(35)31-23-15-14-21-11-7-8-12-22(21)17-23/h4-12,14-15,17,24-26,34H,13,16,18-19H2,1-3H3,(H,31,35)(H,32,37)/t24-,25+,26+/m1/s1.